The number of thiophene rings is 1. The minimum atomic E-state index is -4.54. The number of aryl methyl sites for hydroxylation is 1. The molecule has 1 atom stereocenters. The second kappa shape index (κ2) is 8.18. The molecule has 30 heavy (non-hydrogen) atoms. The molecule has 1 unspecified atom stereocenters. The van der Waals surface area contributed by atoms with Crippen molar-refractivity contribution in [2.24, 2.45) is 0 Å². The van der Waals surface area contributed by atoms with Crippen molar-refractivity contribution in [2.75, 3.05) is 5.32 Å². The number of aromatic nitrogens is 1. The number of hydrogen-bond acceptors (Lipinski definition) is 2. The molecule has 0 fully saturated rings. The topological polar surface area (TPSA) is 46.1 Å². The number of amides is 2. The molecule has 1 aliphatic rings. The molecule has 0 saturated heterocycles. The van der Waals surface area contributed by atoms with Gasteiger partial charge in [-0.1, -0.05) is 12.1 Å². The van der Waals surface area contributed by atoms with E-state index in [1.807, 2.05) is 36.0 Å². The second-order valence-corrected chi connectivity index (χ2v) is 8.47. The first-order valence-electron chi connectivity index (χ1n) is 9.86. The maximum absolute atomic E-state index is 13.2. The molecule has 0 spiro atoms. The van der Waals surface area contributed by atoms with E-state index in [0.717, 1.165) is 42.3 Å². The van der Waals surface area contributed by atoms with Crippen molar-refractivity contribution < 1.29 is 18.0 Å². The average Bonchev–Trinajstić information content (AvgIpc) is 3.35. The van der Waals surface area contributed by atoms with Crippen LogP contribution in [0, 0.1) is 0 Å². The van der Waals surface area contributed by atoms with Crippen LogP contribution in [0.15, 0.2) is 48.8 Å². The maximum Gasteiger partial charge on any atom is 0.418 e. The third kappa shape index (κ3) is 4.09. The van der Waals surface area contributed by atoms with Gasteiger partial charge in [0.2, 0.25) is 0 Å². The van der Waals surface area contributed by atoms with Gasteiger partial charge >= 0.3 is 12.2 Å². The monoisotopic (exact) mass is 433 g/mol. The highest BCUT2D eigenvalue weighted by molar-refractivity contribution is 7.15. The van der Waals surface area contributed by atoms with Gasteiger partial charge in [0.25, 0.3) is 0 Å². The number of nitrogens with one attached hydrogen (secondary N) is 2. The fraction of sp³-hybridized carbons (Fsp3) is 0.318. The Kier molecular flexibility index (Phi) is 5.60. The molecular formula is C22H22F3N3OS. The van der Waals surface area contributed by atoms with E-state index in [0.29, 0.717) is 0 Å². The van der Waals surface area contributed by atoms with Crippen LogP contribution in [0.2, 0.25) is 0 Å². The predicted molar refractivity (Wildman–Crippen MR) is 112 cm³/mol. The first-order valence-corrected chi connectivity index (χ1v) is 10.7. The zero-order valence-electron chi connectivity index (χ0n) is 16.4. The van der Waals surface area contributed by atoms with E-state index < -0.39 is 17.8 Å². The van der Waals surface area contributed by atoms with Gasteiger partial charge < -0.3 is 15.2 Å². The molecule has 158 valence electrons. The van der Waals surface area contributed by atoms with Crippen molar-refractivity contribution in [1.29, 1.82) is 0 Å². The third-order valence-electron chi connectivity index (χ3n) is 5.29. The van der Waals surface area contributed by atoms with Crippen molar-refractivity contribution in [1.82, 2.24) is 9.88 Å². The molecular weight excluding hydrogens is 411 g/mol. The zero-order chi connectivity index (χ0) is 21.3. The zero-order valence-corrected chi connectivity index (χ0v) is 17.2. The van der Waals surface area contributed by atoms with Crippen molar-refractivity contribution in [3.63, 3.8) is 0 Å². The van der Waals surface area contributed by atoms with Gasteiger partial charge in [0.15, 0.2) is 0 Å². The fourth-order valence-corrected chi connectivity index (χ4v) is 5.40. The number of fused-ring (bicyclic) bond motifs is 1. The molecule has 2 heterocycles. The summed E-state index contributed by atoms with van der Waals surface area (Å²) in [6, 6.07) is 7.86. The number of para-hydroxylation sites is 1. The molecule has 8 heteroatoms. The molecule has 1 aromatic carbocycles. The van der Waals surface area contributed by atoms with Crippen LogP contribution in [0.25, 0.3) is 5.00 Å². The van der Waals surface area contributed by atoms with Crippen LogP contribution >= 0.6 is 11.3 Å². The summed E-state index contributed by atoms with van der Waals surface area (Å²) in [5.41, 5.74) is 1.19. The molecule has 0 bridgehead atoms. The fourth-order valence-electron chi connectivity index (χ4n) is 3.95. The Balaban J connectivity index is 1.59. The van der Waals surface area contributed by atoms with E-state index in [9.17, 15) is 18.0 Å². The SMILES string of the molecule is CC(NC(=O)Nc1ccccc1C(F)(F)F)c1c(-n2cccc2)sc2c1CCCC2. The summed E-state index contributed by atoms with van der Waals surface area (Å²) < 4.78 is 41.7. The van der Waals surface area contributed by atoms with Gasteiger partial charge in [0.05, 0.1) is 17.3 Å². The lowest BCUT2D eigenvalue weighted by molar-refractivity contribution is -0.136. The smallest absolute Gasteiger partial charge is 0.331 e. The third-order valence-corrected chi connectivity index (χ3v) is 6.61. The Morgan fingerprint density at radius 2 is 1.80 bits per heavy atom. The second-order valence-electron chi connectivity index (χ2n) is 7.38. The number of carbonyl (C=O) groups is 1. The largest absolute Gasteiger partial charge is 0.418 e. The van der Waals surface area contributed by atoms with Crippen molar-refractivity contribution in [3.05, 3.63) is 70.4 Å². The Hall–Kier alpha value is -2.74. The Bertz CT molecular complexity index is 1040. The number of carbonyl (C=O) groups excluding carboxylic acids is 1. The first kappa shape index (κ1) is 20.5. The van der Waals surface area contributed by atoms with Gasteiger partial charge in [0, 0.05) is 22.8 Å². The molecule has 2 N–H and O–H groups in total. The number of anilines is 1. The van der Waals surface area contributed by atoms with E-state index in [2.05, 4.69) is 10.6 Å². The average molecular weight is 433 g/mol. The summed E-state index contributed by atoms with van der Waals surface area (Å²) in [5, 5.41) is 6.26. The van der Waals surface area contributed by atoms with Gasteiger partial charge in [0.1, 0.15) is 5.00 Å². The first-order chi connectivity index (χ1) is 14.3. The van der Waals surface area contributed by atoms with Crippen molar-refractivity contribution in [3.8, 4) is 5.00 Å². The number of hydrogen-bond donors (Lipinski definition) is 2. The van der Waals surface area contributed by atoms with E-state index in [4.69, 9.17) is 0 Å². The molecule has 2 amide bonds. The van der Waals surface area contributed by atoms with Crippen LogP contribution in [-0.4, -0.2) is 10.6 Å². The minimum Gasteiger partial charge on any atom is -0.331 e. The number of nitrogens with zero attached hydrogens (tertiary/aromatic N) is 1. The molecule has 0 saturated carbocycles. The molecule has 3 aromatic rings. The summed E-state index contributed by atoms with van der Waals surface area (Å²) in [5.74, 6) is 0. The number of alkyl halides is 3. The van der Waals surface area contributed by atoms with Crippen molar-refractivity contribution >= 4 is 23.1 Å². The molecule has 4 rings (SSSR count). The van der Waals surface area contributed by atoms with E-state index in [1.54, 1.807) is 11.3 Å². The lowest BCUT2D eigenvalue weighted by Gasteiger charge is -2.21. The lowest BCUT2D eigenvalue weighted by Crippen LogP contribution is -2.32. The van der Waals surface area contributed by atoms with Gasteiger partial charge in [-0.25, -0.2) is 4.79 Å². The standard InChI is InChI=1S/C22H22F3N3OS/c1-14(26-21(29)27-17-10-4-3-9-16(17)22(23,24)25)19-15-8-2-5-11-18(15)30-20(19)28-12-6-7-13-28/h3-4,6-7,9-10,12-14H,2,5,8,11H2,1H3,(H2,26,27,29). The summed E-state index contributed by atoms with van der Waals surface area (Å²) in [6.45, 7) is 1.87. The Morgan fingerprint density at radius 1 is 1.10 bits per heavy atom. The summed E-state index contributed by atoms with van der Waals surface area (Å²) in [6.07, 6.45) is 3.61. The van der Waals surface area contributed by atoms with Crippen LogP contribution in [0.1, 0.15) is 47.4 Å². The van der Waals surface area contributed by atoms with Crippen LogP contribution in [0.3, 0.4) is 0 Å². The highest BCUT2D eigenvalue weighted by Crippen LogP contribution is 2.40. The quantitative estimate of drug-likeness (QED) is 0.497. The van der Waals surface area contributed by atoms with Gasteiger partial charge in [-0.05, 0) is 62.4 Å². The maximum atomic E-state index is 13.2. The van der Waals surface area contributed by atoms with E-state index in [1.165, 1.54) is 28.6 Å². The van der Waals surface area contributed by atoms with Crippen molar-refractivity contribution in [2.45, 2.75) is 44.8 Å². The summed E-state index contributed by atoms with van der Waals surface area (Å²) in [7, 11) is 0. The van der Waals surface area contributed by atoms with E-state index in [-0.39, 0.29) is 11.7 Å². The van der Waals surface area contributed by atoms with Gasteiger partial charge in [-0.2, -0.15) is 13.2 Å². The molecule has 4 nitrogen and oxygen atoms in total. The summed E-state index contributed by atoms with van der Waals surface area (Å²) in [4.78, 5) is 13.9. The van der Waals surface area contributed by atoms with Crippen LogP contribution < -0.4 is 10.6 Å². The van der Waals surface area contributed by atoms with Crippen LogP contribution in [-0.2, 0) is 19.0 Å². The number of halogens is 3. The van der Waals surface area contributed by atoms with Crippen LogP contribution in [0.5, 0.6) is 0 Å². The normalized spacial score (nSPS) is 14.8. The highest BCUT2D eigenvalue weighted by Gasteiger charge is 2.34. The van der Waals surface area contributed by atoms with Crippen LogP contribution in [0.4, 0.5) is 23.7 Å². The predicted octanol–water partition coefficient (Wildman–Crippen LogP) is 6.32. The number of urea groups is 1. The number of benzene rings is 1. The molecule has 0 aliphatic heterocycles. The Morgan fingerprint density at radius 3 is 2.53 bits per heavy atom. The molecule has 1 aliphatic carbocycles. The number of rotatable bonds is 4. The lowest BCUT2D eigenvalue weighted by atomic mass is 9.93. The highest BCUT2D eigenvalue weighted by atomic mass is 32.1. The van der Waals surface area contributed by atoms with E-state index >= 15 is 0 Å². The molecule has 2 aromatic heterocycles. The minimum absolute atomic E-state index is 0.257. The summed E-state index contributed by atoms with van der Waals surface area (Å²) >= 11 is 1.73. The Labute approximate surface area is 176 Å². The molecule has 0 radical (unpaired) electrons. The van der Waals surface area contributed by atoms with Gasteiger partial charge in [-0.15, -0.1) is 11.3 Å². The van der Waals surface area contributed by atoms with Gasteiger partial charge in [-0.3, -0.25) is 0 Å².